The van der Waals surface area contributed by atoms with Crippen molar-refractivity contribution < 1.29 is 0 Å². The third-order valence-electron chi connectivity index (χ3n) is 0.633. The molecule has 0 heterocycles. The predicted octanol–water partition coefficient (Wildman–Crippen LogP) is 2.83. The van der Waals surface area contributed by atoms with Gasteiger partial charge in [0.15, 0.2) is 0 Å². The summed E-state index contributed by atoms with van der Waals surface area (Å²) < 4.78 is 0. The van der Waals surface area contributed by atoms with Crippen molar-refractivity contribution in [3.05, 3.63) is 24.1 Å². The molecule has 0 bridgehead atoms. The summed E-state index contributed by atoms with van der Waals surface area (Å²) in [6, 6.07) is 0. The van der Waals surface area contributed by atoms with E-state index in [1.165, 1.54) is 12.2 Å². The molecule has 0 aromatic carbocycles. The molecule has 0 aliphatic heterocycles. The fraction of sp³-hybridized carbons (Fsp3) is 0.429. The molecule has 0 aliphatic carbocycles. The molecular formula is C7H12S. The topological polar surface area (TPSA) is 0 Å². The maximum absolute atomic E-state index is 3.56. The molecule has 0 spiro atoms. The molecule has 0 rings (SSSR count). The summed E-state index contributed by atoms with van der Waals surface area (Å²) in [5.41, 5.74) is 0. The minimum Gasteiger partial charge on any atom is -0.134 e. The van der Waals surface area contributed by atoms with E-state index in [-0.39, 0.29) is 0 Å². The van der Waals surface area contributed by atoms with Crippen LogP contribution >= 0.6 is 11.8 Å². The first kappa shape index (κ1) is 7.83. The zero-order valence-electron chi connectivity index (χ0n) is 5.26. The first-order valence-corrected chi connectivity index (χ1v) is 3.86. The van der Waals surface area contributed by atoms with Crippen molar-refractivity contribution in [1.29, 1.82) is 0 Å². The lowest BCUT2D eigenvalue weighted by molar-refractivity contribution is 1.11. The lowest BCUT2D eigenvalue weighted by Gasteiger charge is -1.84. The zero-order chi connectivity index (χ0) is 6.24. The summed E-state index contributed by atoms with van der Waals surface area (Å²) >= 11 is 1.83. The van der Waals surface area contributed by atoms with Crippen molar-refractivity contribution in [2.45, 2.75) is 13.3 Å². The van der Waals surface area contributed by atoms with Gasteiger partial charge in [-0.3, -0.25) is 0 Å². The first-order valence-electron chi connectivity index (χ1n) is 2.81. The Labute approximate surface area is 55.7 Å². The summed E-state index contributed by atoms with van der Waals surface area (Å²) in [6.45, 7) is 5.73. The van der Waals surface area contributed by atoms with E-state index in [1.54, 1.807) is 6.08 Å². The van der Waals surface area contributed by atoms with Gasteiger partial charge in [-0.25, -0.2) is 0 Å². The van der Waals surface area contributed by atoms with E-state index >= 15 is 0 Å². The van der Waals surface area contributed by atoms with Gasteiger partial charge in [0.2, 0.25) is 0 Å². The molecule has 0 aliphatic rings. The summed E-state index contributed by atoms with van der Waals surface area (Å²) in [5.74, 6) is 1.21. The Morgan fingerprint density at radius 2 is 2.38 bits per heavy atom. The molecule has 1 heteroatoms. The van der Waals surface area contributed by atoms with Crippen LogP contribution in [0.25, 0.3) is 0 Å². The molecule has 8 heavy (non-hydrogen) atoms. The maximum Gasteiger partial charge on any atom is -0.00286 e. The Kier molecular flexibility index (Phi) is 6.68. The van der Waals surface area contributed by atoms with Gasteiger partial charge in [-0.2, -0.15) is 0 Å². The largest absolute Gasteiger partial charge is 0.134 e. The van der Waals surface area contributed by atoms with Crippen molar-refractivity contribution in [2.75, 3.05) is 5.75 Å². The van der Waals surface area contributed by atoms with Gasteiger partial charge in [0.25, 0.3) is 0 Å². The molecule has 0 atom stereocenters. The Bertz CT molecular complexity index is 74.5. The first-order chi connectivity index (χ1) is 3.91. The molecule has 0 radical (unpaired) electrons. The van der Waals surface area contributed by atoms with Gasteiger partial charge in [-0.1, -0.05) is 25.7 Å². The number of hydrogen-bond acceptors (Lipinski definition) is 1. The van der Waals surface area contributed by atoms with E-state index in [0.29, 0.717) is 0 Å². The Morgan fingerprint density at radius 1 is 1.62 bits per heavy atom. The molecule has 46 valence electrons. The fourth-order valence-corrected chi connectivity index (χ4v) is 0.891. The van der Waals surface area contributed by atoms with Crippen LogP contribution < -0.4 is 0 Å². The molecule has 0 saturated carbocycles. The Morgan fingerprint density at radius 3 is 2.88 bits per heavy atom. The Balaban J connectivity index is 2.91. The van der Waals surface area contributed by atoms with Crippen LogP contribution in [0.3, 0.4) is 0 Å². The van der Waals surface area contributed by atoms with Crippen LogP contribution in [0, 0.1) is 0 Å². The van der Waals surface area contributed by atoms with Crippen LogP contribution in [0.2, 0.25) is 0 Å². The van der Waals surface area contributed by atoms with Crippen LogP contribution in [0.15, 0.2) is 24.1 Å². The van der Waals surface area contributed by atoms with Crippen molar-refractivity contribution in [3.63, 3.8) is 0 Å². The average molecular weight is 128 g/mol. The third-order valence-corrected chi connectivity index (χ3v) is 1.63. The van der Waals surface area contributed by atoms with Crippen LogP contribution in [0.4, 0.5) is 0 Å². The quantitative estimate of drug-likeness (QED) is 0.414. The second-order valence-electron chi connectivity index (χ2n) is 1.44. The standard InChI is InChI=1S/C7H12S/c1-3-5-7-8-6-4-2/h3,5,7H,1,4,6H2,2H3. The van der Waals surface area contributed by atoms with Crippen molar-refractivity contribution in [1.82, 2.24) is 0 Å². The lowest BCUT2D eigenvalue weighted by atomic mass is 10.6. The fourth-order valence-electron chi connectivity index (χ4n) is 0.297. The summed E-state index contributed by atoms with van der Waals surface area (Å²) in [4.78, 5) is 0. The predicted molar refractivity (Wildman–Crippen MR) is 42.1 cm³/mol. The Hall–Kier alpha value is -0.170. The van der Waals surface area contributed by atoms with Gasteiger partial charge in [0, 0.05) is 0 Å². The molecule has 0 aromatic heterocycles. The summed E-state index contributed by atoms with van der Waals surface area (Å²) in [6.07, 6.45) is 5.00. The monoisotopic (exact) mass is 128 g/mol. The number of allylic oxidation sites excluding steroid dienone is 2. The van der Waals surface area contributed by atoms with Gasteiger partial charge in [0.05, 0.1) is 0 Å². The van der Waals surface area contributed by atoms with E-state index in [9.17, 15) is 0 Å². The van der Waals surface area contributed by atoms with Crippen LogP contribution in [0.1, 0.15) is 13.3 Å². The normalized spacial score (nSPS) is 10.1. The van der Waals surface area contributed by atoms with Crippen LogP contribution in [0.5, 0.6) is 0 Å². The second-order valence-corrected chi connectivity index (χ2v) is 2.45. The van der Waals surface area contributed by atoms with Gasteiger partial charge in [-0.05, 0) is 17.6 Å². The van der Waals surface area contributed by atoms with Crippen molar-refractivity contribution in [2.24, 2.45) is 0 Å². The molecule has 0 unspecified atom stereocenters. The highest BCUT2D eigenvalue weighted by Crippen LogP contribution is 2.02. The zero-order valence-corrected chi connectivity index (χ0v) is 6.08. The van der Waals surface area contributed by atoms with E-state index < -0.39 is 0 Å². The van der Waals surface area contributed by atoms with Gasteiger partial charge in [-0.15, -0.1) is 11.8 Å². The summed E-state index contributed by atoms with van der Waals surface area (Å²) in [7, 11) is 0. The van der Waals surface area contributed by atoms with Crippen LogP contribution in [-0.2, 0) is 0 Å². The highest BCUT2D eigenvalue weighted by Gasteiger charge is 1.73. The van der Waals surface area contributed by atoms with Gasteiger partial charge < -0.3 is 0 Å². The molecule has 0 amide bonds. The second kappa shape index (κ2) is 6.83. The van der Waals surface area contributed by atoms with Gasteiger partial charge >= 0.3 is 0 Å². The van der Waals surface area contributed by atoms with E-state index in [1.807, 2.05) is 17.8 Å². The molecular weight excluding hydrogens is 116 g/mol. The third kappa shape index (κ3) is 5.83. The smallest absolute Gasteiger partial charge is 0.00286 e. The average Bonchev–Trinajstić information content (AvgIpc) is 1.81. The minimum absolute atomic E-state index is 1.21. The minimum atomic E-state index is 1.21. The van der Waals surface area contributed by atoms with E-state index in [4.69, 9.17) is 0 Å². The lowest BCUT2D eigenvalue weighted by Crippen LogP contribution is -1.65. The maximum atomic E-state index is 3.56. The molecule has 0 nitrogen and oxygen atoms in total. The van der Waals surface area contributed by atoms with Gasteiger partial charge in [0.1, 0.15) is 0 Å². The number of hydrogen-bond donors (Lipinski definition) is 0. The highest BCUT2D eigenvalue weighted by atomic mass is 32.2. The van der Waals surface area contributed by atoms with Crippen LogP contribution in [-0.4, -0.2) is 5.75 Å². The molecule has 0 fully saturated rings. The van der Waals surface area contributed by atoms with E-state index in [2.05, 4.69) is 18.9 Å². The van der Waals surface area contributed by atoms with E-state index in [0.717, 1.165) is 0 Å². The molecule has 0 saturated heterocycles. The van der Waals surface area contributed by atoms with Crippen molar-refractivity contribution >= 4 is 11.8 Å². The SMILES string of the molecule is C=CC=CSCCC. The number of thioether (sulfide) groups is 1. The molecule has 0 N–H and O–H groups in total. The van der Waals surface area contributed by atoms with Crippen molar-refractivity contribution in [3.8, 4) is 0 Å². The summed E-state index contributed by atoms with van der Waals surface area (Å²) in [5, 5.41) is 2.07. The molecule has 0 aromatic rings. The number of rotatable bonds is 4. The highest BCUT2D eigenvalue weighted by molar-refractivity contribution is 8.02.